The predicted molar refractivity (Wildman–Crippen MR) is 130 cm³/mol. The molecular formula is C28H46O4. The quantitative estimate of drug-likeness (QED) is 0.361. The van der Waals surface area contributed by atoms with E-state index in [9.17, 15) is 0 Å². The Morgan fingerprint density at radius 2 is 1.41 bits per heavy atom. The molecule has 2 fully saturated rings. The predicted octanol–water partition coefficient (Wildman–Crippen LogP) is 6.20. The van der Waals surface area contributed by atoms with Crippen LogP contribution >= 0.6 is 0 Å². The van der Waals surface area contributed by atoms with Crippen molar-refractivity contribution in [1.82, 2.24) is 0 Å². The number of hydrogen-bond acceptors (Lipinski definition) is 4. The number of rotatable bonds is 13. The Kier molecular flexibility index (Phi) is 8.13. The maximum absolute atomic E-state index is 6.38. The third kappa shape index (κ3) is 7.03. The normalized spacial score (nSPS) is 20.1. The van der Waals surface area contributed by atoms with E-state index in [4.69, 9.17) is 18.9 Å². The van der Waals surface area contributed by atoms with Crippen molar-refractivity contribution in [3.8, 4) is 0 Å². The monoisotopic (exact) mass is 446 g/mol. The topological polar surface area (TPSA) is 36.9 Å². The van der Waals surface area contributed by atoms with Crippen LogP contribution in [0.2, 0.25) is 0 Å². The van der Waals surface area contributed by atoms with Crippen LogP contribution in [0.3, 0.4) is 0 Å². The van der Waals surface area contributed by atoms with Crippen molar-refractivity contribution in [2.24, 2.45) is 16.7 Å². The fourth-order valence-electron chi connectivity index (χ4n) is 5.21. The van der Waals surface area contributed by atoms with Crippen LogP contribution < -0.4 is 0 Å². The second-order valence-electron chi connectivity index (χ2n) is 12.2. The van der Waals surface area contributed by atoms with Gasteiger partial charge in [-0.2, -0.15) is 0 Å². The van der Waals surface area contributed by atoms with E-state index in [1.165, 1.54) is 17.5 Å². The smallest absolute Gasteiger partial charge is 0.0724 e. The van der Waals surface area contributed by atoms with Crippen molar-refractivity contribution < 1.29 is 18.9 Å². The van der Waals surface area contributed by atoms with E-state index >= 15 is 0 Å². The average Bonchev–Trinajstić information content (AvgIpc) is 2.64. The van der Waals surface area contributed by atoms with Crippen LogP contribution in [0.4, 0.5) is 0 Å². The lowest BCUT2D eigenvalue weighted by molar-refractivity contribution is -0.174. The van der Waals surface area contributed by atoms with E-state index < -0.39 is 0 Å². The minimum atomic E-state index is -0.187. The lowest BCUT2D eigenvalue weighted by atomic mass is 9.71. The highest BCUT2D eigenvalue weighted by atomic mass is 16.5. The second kappa shape index (κ2) is 10.1. The highest BCUT2D eigenvalue weighted by Gasteiger charge is 2.43. The SMILES string of the molecule is CCC1(COC(C)(C)Cc2ccc(COC(C)(C)CC3(CC(C)C)COC3)cc2)COC1. The number of ether oxygens (including phenoxy) is 4. The Hall–Kier alpha value is -0.940. The van der Waals surface area contributed by atoms with Crippen LogP contribution in [0.5, 0.6) is 0 Å². The van der Waals surface area contributed by atoms with Gasteiger partial charge in [-0.15, -0.1) is 0 Å². The molecule has 0 unspecified atom stereocenters. The molecule has 2 aliphatic rings. The van der Waals surface area contributed by atoms with E-state index in [2.05, 4.69) is 72.7 Å². The van der Waals surface area contributed by atoms with E-state index in [0.717, 1.165) is 52.3 Å². The first-order valence-electron chi connectivity index (χ1n) is 12.5. The zero-order chi connectivity index (χ0) is 23.5. The van der Waals surface area contributed by atoms with Gasteiger partial charge in [0.2, 0.25) is 0 Å². The Labute approximate surface area is 196 Å². The summed E-state index contributed by atoms with van der Waals surface area (Å²) in [7, 11) is 0. The Bertz CT molecular complexity index is 706. The van der Waals surface area contributed by atoms with Crippen molar-refractivity contribution in [3.05, 3.63) is 35.4 Å². The molecule has 0 saturated carbocycles. The van der Waals surface area contributed by atoms with Gasteiger partial charge in [0, 0.05) is 17.3 Å². The van der Waals surface area contributed by atoms with Gasteiger partial charge in [-0.05, 0) is 64.0 Å². The van der Waals surface area contributed by atoms with Crippen molar-refractivity contribution in [2.75, 3.05) is 33.0 Å². The molecule has 0 amide bonds. The van der Waals surface area contributed by atoms with Crippen molar-refractivity contribution in [1.29, 1.82) is 0 Å². The van der Waals surface area contributed by atoms with Gasteiger partial charge in [0.25, 0.3) is 0 Å². The van der Waals surface area contributed by atoms with Crippen LogP contribution in [-0.4, -0.2) is 44.2 Å². The molecular weight excluding hydrogens is 400 g/mol. The van der Waals surface area contributed by atoms with Gasteiger partial charge in [-0.25, -0.2) is 0 Å². The molecule has 0 radical (unpaired) electrons. The third-order valence-electron chi connectivity index (χ3n) is 7.08. The molecule has 2 aliphatic heterocycles. The van der Waals surface area contributed by atoms with Crippen LogP contribution in [0.15, 0.2) is 24.3 Å². The summed E-state index contributed by atoms with van der Waals surface area (Å²) in [6.45, 7) is 20.5. The summed E-state index contributed by atoms with van der Waals surface area (Å²) in [4.78, 5) is 0. The standard InChI is InChI=1S/C28H46O4/c1-8-27(17-29-18-27)21-32-25(4,5)14-23-9-11-24(12-10-23)15-31-26(6,7)16-28(13-22(2)3)19-30-20-28/h9-12,22H,8,13-21H2,1-7H3. The van der Waals surface area contributed by atoms with E-state index in [-0.39, 0.29) is 22.0 Å². The Morgan fingerprint density at radius 1 is 0.844 bits per heavy atom. The molecule has 0 N–H and O–H groups in total. The maximum Gasteiger partial charge on any atom is 0.0724 e. The minimum Gasteiger partial charge on any atom is -0.380 e. The van der Waals surface area contributed by atoms with Gasteiger partial charge in [0.15, 0.2) is 0 Å². The molecule has 3 rings (SSSR count). The van der Waals surface area contributed by atoms with Crippen LogP contribution in [0, 0.1) is 16.7 Å². The van der Waals surface area contributed by atoms with E-state index in [1.807, 2.05) is 0 Å². The van der Waals surface area contributed by atoms with Gasteiger partial charge in [-0.1, -0.05) is 45.0 Å². The summed E-state index contributed by atoms with van der Waals surface area (Å²) in [5.41, 5.74) is 2.69. The summed E-state index contributed by atoms with van der Waals surface area (Å²) >= 11 is 0. The zero-order valence-electron chi connectivity index (χ0n) is 21.6. The fraction of sp³-hybridized carbons (Fsp3) is 0.786. The van der Waals surface area contributed by atoms with Crippen LogP contribution in [-0.2, 0) is 32.0 Å². The summed E-state index contributed by atoms with van der Waals surface area (Å²) in [6, 6.07) is 8.84. The van der Waals surface area contributed by atoms with E-state index in [0.29, 0.717) is 12.5 Å². The summed E-state index contributed by atoms with van der Waals surface area (Å²) in [5, 5.41) is 0. The molecule has 0 bridgehead atoms. The minimum absolute atomic E-state index is 0.159. The van der Waals surface area contributed by atoms with Crippen molar-refractivity contribution in [2.45, 2.75) is 92.0 Å². The molecule has 32 heavy (non-hydrogen) atoms. The Morgan fingerprint density at radius 3 is 1.88 bits per heavy atom. The molecule has 0 spiro atoms. The molecule has 2 heterocycles. The second-order valence-corrected chi connectivity index (χ2v) is 12.2. The molecule has 0 aliphatic carbocycles. The Balaban J connectivity index is 1.47. The van der Waals surface area contributed by atoms with Crippen molar-refractivity contribution in [3.63, 3.8) is 0 Å². The number of hydrogen-bond donors (Lipinski definition) is 0. The highest BCUT2D eigenvalue weighted by molar-refractivity contribution is 5.23. The third-order valence-corrected chi connectivity index (χ3v) is 7.08. The molecule has 182 valence electrons. The first-order valence-corrected chi connectivity index (χ1v) is 12.5. The van der Waals surface area contributed by atoms with Gasteiger partial charge in [0.1, 0.15) is 0 Å². The van der Waals surface area contributed by atoms with Crippen LogP contribution in [0.1, 0.15) is 78.9 Å². The summed E-state index contributed by atoms with van der Waals surface area (Å²) < 4.78 is 23.7. The first kappa shape index (κ1) is 25.7. The number of benzene rings is 1. The van der Waals surface area contributed by atoms with Crippen LogP contribution in [0.25, 0.3) is 0 Å². The zero-order valence-corrected chi connectivity index (χ0v) is 21.6. The summed E-state index contributed by atoms with van der Waals surface area (Å²) in [5.74, 6) is 0.685. The van der Waals surface area contributed by atoms with Gasteiger partial charge in [0.05, 0.1) is 50.8 Å². The molecule has 1 aromatic rings. The molecule has 4 nitrogen and oxygen atoms in total. The lowest BCUT2D eigenvalue weighted by Crippen LogP contribution is -2.48. The van der Waals surface area contributed by atoms with Gasteiger partial charge >= 0.3 is 0 Å². The van der Waals surface area contributed by atoms with Crippen molar-refractivity contribution >= 4 is 0 Å². The van der Waals surface area contributed by atoms with E-state index in [1.54, 1.807) is 0 Å². The molecule has 4 heteroatoms. The van der Waals surface area contributed by atoms with Gasteiger partial charge < -0.3 is 18.9 Å². The molecule has 1 aromatic carbocycles. The maximum atomic E-state index is 6.38. The fourth-order valence-corrected chi connectivity index (χ4v) is 5.21. The average molecular weight is 447 g/mol. The molecule has 0 aromatic heterocycles. The highest BCUT2D eigenvalue weighted by Crippen LogP contribution is 2.42. The molecule has 2 saturated heterocycles. The summed E-state index contributed by atoms with van der Waals surface area (Å²) in [6.07, 6.45) is 4.27. The lowest BCUT2D eigenvalue weighted by Gasteiger charge is -2.47. The largest absolute Gasteiger partial charge is 0.380 e. The van der Waals surface area contributed by atoms with Gasteiger partial charge in [-0.3, -0.25) is 0 Å². The first-order chi connectivity index (χ1) is 15.0. The molecule has 0 atom stereocenters.